The van der Waals surface area contributed by atoms with Crippen LogP contribution in [0.1, 0.15) is 27.2 Å². The maximum atomic E-state index is 10.4. The van der Waals surface area contributed by atoms with Gasteiger partial charge in [-0.2, -0.15) is 0 Å². The van der Waals surface area contributed by atoms with Gasteiger partial charge in [-0.1, -0.05) is 13.8 Å². The number of carbonyl (C=O) groups excluding carboxylic acids is 1. The van der Waals surface area contributed by atoms with Gasteiger partial charge in [-0.15, -0.1) is 0 Å². The van der Waals surface area contributed by atoms with Crippen molar-refractivity contribution in [2.24, 2.45) is 5.41 Å². The molecule has 1 amide bonds. The topological polar surface area (TPSA) is 49.3 Å². The van der Waals surface area contributed by atoms with E-state index < -0.39 is 0 Å². The molecule has 0 aromatic rings. The first kappa shape index (κ1) is 10.4. The van der Waals surface area contributed by atoms with Crippen molar-refractivity contribution in [2.75, 3.05) is 13.2 Å². The highest BCUT2D eigenvalue weighted by atomic mass is 16.3. The summed E-state index contributed by atoms with van der Waals surface area (Å²) in [6.07, 6.45) is 0.809. The molecule has 0 fully saturated rings. The van der Waals surface area contributed by atoms with Crippen molar-refractivity contribution >= 4 is 5.91 Å². The number of hydrogen-bond donors (Lipinski definition) is 2. The fourth-order valence-corrected chi connectivity index (χ4v) is 0.656. The van der Waals surface area contributed by atoms with E-state index in [-0.39, 0.29) is 17.9 Å². The Balaban J connectivity index is 3.45. The van der Waals surface area contributed by atoms with Crippen molar-refractivity contribution in [3.8, 4) is 0 Å². The third-order valence-electron chi connectivity index (χ3n) is 1.60. The molecule has 0 saturated heterocycles. The Morgan fingerprint density at radius 2 is 2.09 bits per heavy atom. The Morgan fingerprint density at radius 3 is 2.45 bits per heavy atom. The van der Waals surface area contributed by atoms with Gasteiger partial charge in [0.2, 0.25) is 5.91 Å². The predicted molar refractivity (Wildman–Crippen MR) is 44.2 cm³/mol. The first-order valence-electron chi connectivity index (χ1n) is 3.83. The molecule has 0 spiro atoms. The van der Waals surface area contributed by atoms with Gasteiger partial charge in [0.15, 0.2) is 0 Å². The van der Waals surface area contributed by atoms with Crippen molar-refractivity contribution in [2.45, 2.75) is 27.2 Å². The SMILES string of the molecule is CC(=O)NCCC(C)(C)CO. The highest BCUT2D eigenvalue weighted by Gasteiger charge is 2.15. The van der Waals surface area contributed by atoms with Crippen LogP contribution < -0.4 is 5.32 Å². The van der Waals surface area contributed by atoms with Gasteiger partial charge in [0.1, 0.15) is 0 Å². The van der Waals surface area contributed by atoms with Gasteiger partial charge in [0.05, 0.1) is 0 Å². The van der Waals surface area contributed by atoms with Crippen LogP contribution in [-0.2, 0) is 4.79 Å². The van der Waals surface area contributed by atoms with Gasteiger partial charge in [-0.3, -0.25) is 4.79 Å². The summed E-state index contributed by atoms with van der Waals surface area (Å²) < 4.78 is 0. The van der Waals surface area contributed by atoms with Crippen molar-refractivity contribution < 1.29 is 9.90 Å². The number of aliphatic hydroxyl groups excluding tert-OH is 1. The number of rotatable bonds is 4. The average Bonchev–Trinajstić information content (AvgIpc) is 1.87. The highest BCUT2D eigenvalue weighted by molar-refractivity contribution is 5.72. The van der Waals surface area contributed by atoms with Gasteiger partial charge in [-0.05, 0) is 11.8 Å². The Morgan fingerprint density at radius 1 is 1.55 bits per heavy atom. The normalized spacial score (nSPS) is 11.3. The van der Waals surface area contributed by atoms with E-state index in [9.17, 15) is 4.79 Å². The van der Waals surface area contributed by atoms with Crippen molar-refractivity contribution in [1.82, 2.24) is 5.32 Å². The van der Waals surface area contributed by atoms with E-state index in [1.807, 2.05) is 13.8 Å². The highest BCUT2D eigenvalue weighted by Crippen LogP contribution is 2.17. The van der Waals surface area contributed by atoms with E-state index in [0.717, 1.165) is 6.42 Å². The summed E-state index contributed by atoms with van der Waals surface area (Å²) in [5.74, 6) is -0.0151. The second-order valence-electron chi connectivity index (χ2n) is 3.56. The molecule has 0 aliphatic rings. The maximum absolute atomic E-state index is 10.4. The van der Waals surface area contributed by atoms with Crippen molar-refractivity contribution in [3.05, 3.63) is 0 Å². The molecule has 0 aliphatic heterocycles. The lowest BCUT2D eigenvalue weighted by molar-refractivity contribution is -0.119. The van der Waals surface area contributed by atoms with Crippen LogP contribution in [0.3, 0.4) is 0 Å². The molecule has 3 nitrogen and oxygen atoms in total. The molecule has 0 aromatic carbocycles. The van der Waals surface area contributed by atoms with Crippen molar-refractivity contribution in [1.29, 1.82) is 0 Å². The number of aliphatic hydroxyl groups is 1. The molecular weight excluding hydrogens is 142 g/mol. The monoisotopic (exact) mass is 159 g/mol. The number of nitrogens with one attached hydrogen (secondary N) is 1. The molecule has 2 N–H and O–H groups in total. The predicted octanol–water partition coefficient (Wildman–Crippen LogP) is 0.531. The van der Waals surface area contributed by atoms with E-state index in [0.29, 0.717) is 6.54 Å². The summed E-state index contributed by atoms with van der Waals surface area (Å²) in [5, 5.41) is 11.5. The Kier molecular flexibility index (Phi) is 4.11. The molecule has 66 valence electrons. The second kappa shape index (κ2) is 4.34. The van der Waals surface area contributed by atoms with Gasteiger partial charge < -0.3 is 10.4 Å². The zero-order valence-corrected chi connectivity index (χ0v) is 7.48. The molecule has 0 aliphatic carbocycles. The van der Waals surface area contributed by atoms with E-state index >= 15 is 0 Å². The zero-order valence-electron chi connectivity index (χ0n) is 7.48. The Bertz CT molecular complexity index is 132. The van der Waals surface area contributed by atoms with E-state index in [4.69, 9.17) is 5.11 Å². The van der Waals surface area contributed by atoms with Crippen LogP contribution in [0.25, 0.3) is 0 Å². The van der Waals surface area contributed by atoms with Crippen LogP contribution in [0, 0.1) is 5.41 Å². The van der Waals surface area contributed by atoms with E-state index in [1.165, 1.54) is 6.92 Å². The van der Waals surface area contributed by atoms with E-state index in [1.54, 1.807) is 0 Å². The summed E-state index contributed by atoms with van der Waals surface area (Å²) in [4.78, 5) is 10.4. The first-order chi connectivity index (χ1) is 4.98. The van der Waals surface area contributed by atoms with Crippen LogP contribution in [0.4, 0.5) is 0 Å². The minimum absolute atomic E-state index is 0.0151. The first-order valence-corrected chi connectivity index (χ1v) is 3.83. The van der Waals surface area contributed by atoms with Crippen molar-refractivity contribution in [3.63, 3.8) is 0 Å². The smallest absolute Gasteiger partial charge is 0.216 e. The molecule has 0 unspecified atom stereocenters. The Labute approximate surface area is 67.8 Å². The molecular formula is C8H17NO2. The molecule has 0 bridgehead atoms. The third kappa shape index (κ3) is 5.85. The van der Waals surface area contributed by atoms with Crippen LogP contribution in [0.2, 0.25) is 0 Å². The molecule has 0 aromatic heterocycles. The lowest BCUT2D eigenvalue weighted by Crippen LogP contribution is -2.27. The second-order valence-corrected chi connectivity index (χ2v) is 3.56. The molecule has 0 radical (unpaired) electrons. The minimum Gasteiger partial charge on any atom is -0.396 e. The molecule has 0 heterocycles. The molecule has 0 saturated carbocycles. The molecule has 11 heavy (non-hydrogen) atoms. The Hall–Kier alpha value is -0.570. The van der Waals surface area contributed by atoms with Crippen LogP contribution in [0.15, 0.2) is 0 Å². The van der Waals surface area contributed by atoms with Crippen LogP contribution in [-0.4, -0.2) is 24.2 Å². The van der Waals surface area contributed by atoms with E-state index in [2.05, 4.69) is 5.32 Å². The standard InChI is InChI=1S/C8H17NO2/c1-7(11)9-5-4-8(2,3)6-10/h10H,4-6H2,1-3H3,(H,9,11). The van der Waals surface area contributed by atoms with Gasteiger partial charge in [-0.25, -0.2) is 0 Å². The van der Waals surface area contributed by atoms with Gasteiger partial charge in [0.25, 0.3) is 0 Å². The van der Waals surface area contributed by atoms with Gasteiger partial charge >= 0.3 is 0 Å². The number of hydrogen-bond acceptors (Lipinski definition) is 2. The number of carbonyl (C=O) groups is 1. The summed E-state index contributed by atoms with van der Waals surface area (Å²) in [5.41, 5.74) is -0.0809. The lowest BCUT2D eigenvalue weighted by atomic mass is 9.91. The zero-order chi connectivity index (χ0) is 8.91. The fraction of sp³-hybridized carbons (Fsp3) is 0.875. The summed E-state index contributed by atoms with van der Waals surface area (Å²) in [6.45, 7) is 6.23. The van der Waals surface area contributed by atoms with Crippen LogP contribution >= 0.6 is 0 Å². The molecule has 0 rings (SSSR count). The molecule has 0 atom stereocenters. The fourth-order valence-electron chi connectivity index (χ4n) is 0.656. The van der Waals surface area contributed by atoms with Crippen LogP contribution in [0.5, 0.6) is 0 Å². The number of amides is 1. The lowest BCUT2D eigenvalue weighted by Gasteiger charge is -2.20. The maximum Gasteiger partial charge on any atom is 0.216 e. The molecule has 3 heteroatoms. The summed E-state index contributed by atoms with van der Waals surface area (Å²) >= 11 is 0. The van der Waals surface area contributed by atoms with Gasteiger partial charge in [0, 0.05) is 20.1 Å². The minimum atomic E-state index is -0.0809. The quantitative estimate of drug-likeness (QED) is 0.628. The summed E-state index contributed by atoms with van der Waals surface area (Å²) in [7, 11) is 0. The largest absolute Gasteiger partial charge is 0.396 e. The third-order valence-corrected chi connectivity index (χ3v) is 1.60. The summed E-state index contributed by atoms with van der Waals surface area (Å²) in [6, 6.07) is 0. The average molecular weight is 159 g/mol.